The van der Waals surface area contributed by atoms with Crippen molar-refractivity contribution in [1.29, 1.82) is 0 Å². The first-order chi connectivity index (χ1) is 13.1. The van der Waals surface area contributed by atoms with Crippen LogP contribution in [0.5, 0.6) is 0 Å². The number of nitrogens with zero attached hydrogens (tertiary/aromatic N) is 4. The van der Waals surface area contributed by atoms with Crippen molar-refractivity contribution in [2.24, 2.45) is 5.92 Å². The summed E-state index contributed by atoms with van der Waals surface area (Å²) in [7, 11) is 0. The highest BCUT2D eigenvalue weighted by Crippen LogP contribution is 2.26. The van der Waals surface area contributed by atoms with E-state index in [1.807, 2.05) is 6.07 Å². The van der Waals surface area contributed by atoms with Crippen LogP contribution in [0.3, 0.4) is 0 Å². The van der Waals surface area contributed by atoms with Crippen molar-refractivity contribution in [1.82, 2.24) is 19.6 Å². The molecular formula is C21H34N4O3. The first kappa shape index (κ1) is 21.0. The molecule has 2 fully saturated rings. The topological polar surface area (TPSA) is 78.7 Å². The number of carbonyl (C=O) groups excluding carboxylic acids is 1. The van der Waals surface area contributed by atoms with E-state index in [0.29, 0.717) is 25.6 Å². The quantitative estimate of drug-likeness (QED) is 0.837. The third kappa shape index (κ3) is 5.00. The monoisotopic (exact) mass is 390 g/mol. The lowest BCUT2D eigenvalue weighted by atomic mass is 9.91. The molecule has 2 aliphatic rings. The third-order valence-corrected chi connectivity index (χ3v) is 5.87. The Morgan fingerprint density at radius 2 is 2.00 bits per heavy atom. The van der Waals surface area contributed by atoms with Gasteiger partial charge in [-0.15, -0.1) is 0 Å². The van der Waals surface area contributed by atoms with Crippen molar-refractivity contribution >= 4 is 5.91 Å². The van der Waals surface area contributed by atoms with E-state index in [1.165, 1.54) is 0 Å². The Kier molecular flexibility index (Phi) is 5.96. The number of β-amino-alcohol motifs (C(OH)–C–C–N with tert-alkyl or cyclic N) is 1. The molecule has 2 aliphatic heterocycles. The zero-order valence-corrected chi connectivity index (χ0v) is 17.6. The van der Waals surface area contributed by atoms with E-state index < -0.39 is 5.60 Å². The minimum atomic E-state index is -0.839. The summed E-state index contributed by atoms with van der Waals surface area (Å²) in [6, 6.07) is 3.42. The maximum absolute atomic E-state index is 12.2. The average molecular weight is 391 g/mol. The minimum absolute atomic E-state index is 0.0333. The average Bonchev–Trinajstić information content (AvgIpc) is 2.75. The van der Waals surface area contributed by atoms with E-state index in [-0.39, 0.29) is 16.9 Å². The van der Waals surface area contributed by atoms with E-state index in [4.69, 9.17) is 0 Å². The van der Waals surface area contributed by atoms with Gasteiger partial charge in [-0.2, -0.15) is 5.10 Å². The van der Waals surface area contributed by atoms with Gasteiger partial charge >= 0.3 is 0 Å². The predicted molar refractivity (Wildman–Crippen MR) is 108 cm³/mol. The molecule has 1 N–H and O–H groups in total. The second kappa shape index (κ2) is 7.95. The van der Waals surface area contributed by atoms with Gasteiger partial charge in [-0.25, -0.2) is 4.68 Å². The van der Waals surface area contributed by atoms with Gasteiger partial charge in [-0.3, -0.25) is 14.5 Å². The molecule has 0 saturated carbocycles. The summed E-state index contributed by atoms with van der Waals surface area (Å²) in [4.78, 5) is 27.9. The van der Waals surface area contributed by atoms with Crippen molar-refractivity contribution in [2.75, 3.05) is 32.7 Å². The molecule has 7 heteroatoms. The van der Waals surface area contributed by atoms with E-state index in [1.54, 1.807) is 22.6 Å². The molecule has 28 heavy (non-hydrogen) atoms. The lowest BCUT2D eigenvalue weighted by Crippen LogP contribution is -2.58. The van der Waals surface area contributed by atoms with Gasteiger partial charge in [0.05, 0.1) is 24.4 Å². The van der Waals surface area contributed by atoms with Gasteiger partial charge in [-0.1, -0.05) is 20.8 Å². The van der Waals surface area contributed by atoms with Crippen molar-refractivity contribution in [3.05, 3.63) is 28.2 Å². The summed E-state index contributed by atoms with van der Waals surface area (Å²) in [6.45, 7) is 11.9. The molecule has 0 spiro atoms. The molecule has 1 unspecified atom stereocenters. The van der Waals surface area contributed by atoms with Gasteiger partial charge in [0.2, 0.25) is 5.91 Å². The van der Waals surface area contributed by atoms with Crippen molar-refractivity contribution in [2.45, 2.75) is 64.5 Å². The molecule has 3 rings (SSSR count). The van der Waals surface area contributed by atoms with Crippen LogP contribution < -0.4 is 5.56 Å². The Morgan fingerprint density at radius 1 is 1.29 bits per heavy atom. The van der Waals surface area contributed by atoms with Crippen LogP contribution in [-0.4, -0.2) is 68.9 Å². The van der Waals surface area contributed by atoms with Gasteiger partial charge in [0.15, 0.2) is 0 Å². The van der Waals surface area contributed by atoms with Crippen LogP contribution in [0.15, 0.2) is 16.9 Å². The summed E-state index contributed by atoms with van der Waals surface area (Å²) in [6.07, 6.45) is 2.62. The zero-order chi connectivity index (χ0) is 20.5. The molecule has 1 amide bonds. The van der Waals surface area contributed by atoms with Crippen LogP contribution in [0.1, 0.15) is 52.7 Å². The molecule has 1 aromatic rings. The highest BCUT2D eigenvalue weighted by atomic mass is 16.3. The first-order valence-corrected chi connectivity index (χ1v) is 10.3. The summed E-state index contributed by atoms with van der Waals surface area (Å²) in [5.74, 6) is 0.393. The number of aliphatic hydroxyl groups is 1. The number of carbonyl (C=O) groups is 1. The second-order valence-corrected chi connectivity index (χ2v) is 9.67. The first-order valence-electron chi connectivity index (χ1n) is 10.3. The van der Waals surface area contributed by atoms with Gasteiger partial charge in [0, 0.05) is 50.5 Å². The van der Waals surface area contributed by atoms with Crippen LogP contribution in [-0.2, 0) is 16.8 Å². The van der Waals surface area contributed by atoms with Gasteiger partial charge in [0.1, 0.15) is 0 Å². The summed E-state index contributed by atoms with van der Waals surface area (Å²) < 4.78 is 1.58. The standard InChI is InChI=1S/C21H34N4O3/c1-16(26)24-10-6-5-9-21(28,15-24)14-23-11-17(12-23)13-25-19(27)8-7-18(22-25)20(2,3)4/h7-8,17,28H,5-6,9-15H2,1-4H3. The molecule has 0 aliphatic carbocycles. The molecule has 0 aromatic carbocycles. The van der Waals surface area contributed by atoms with E-state index >= 15 is 0 Å². The molecule has 1 aromatic heterocycles. The van der Waals surface area contributed by atoms with Crippen LogP contribution in [0.25, 0.3) is 0 Å². The molecule has 156 valence electrons. The lowest BCUT2D eigenvalue weighted by Gasteiger charge is -2.44. The largest absolute Gasteiger partial charge is 0.387 e. The highest BCUT2D eigenvalue weighted by Gasteiger charge is 2.38. The normalized spacial score (nSPS) is 24.7. The Morgan fingerprint density at radius 3 is 2.64 bits per heavy atom. The zero-order valence-electron chi connectivity index (χ0n) is 17.6. The van der Waals surface area contributed by atoms with Gasteiger partial charge in [-0.05, 0) is 25.3 Å². The van der Waals surface area contributed by atoms with Crippen LogP contribution in [0.2, 0.25) is 0 Å². The molecule has 7 nitrogen and oxygen atoms in total. The number of hydrogen-bond donors (Lipinski definition) is 1. The van der Waals surface area contributed by atoms with Crippen LogP contribution in [0.4, 0.5) is 0 Å². The number of hydrogen-bond acceptors (Lipinski definition) is 5. The summed E-state index contributed by atoms with van der Waals surface area (Å²) >= 11 is 0. The van der Waals surface area contributed by atoms with Gasteiger partial charge < -0.3 is 10.0 Å². The van der Waals surface area contributed by atoms with Crippen molar-refractivity contribution in [3.8, 4) is 0 Å². The smallest absolute Gasteiger partial charge is 0.266 e. The highest BCUT2D eigenvalue weighted by molar-refractivity contribution is 5.73. The van der Waals surface area contributed by atoms with Crippen molar-refractivity contribution < 1.29 is 9.90 Å². The minimum Gasteiger partial charge on any atom is -0.387 e. The number of rotatable bonds is 4. The third-order valence-electron chi connectivity index (χ3n) is 5.87. The fourth-order valence-corrected chi connectivity index (χ4v) is 4.23. The van der Waals surface area contributed by atoms with E-state index in [9.17, 15) is 14.7 Å². The van der Waals surface area contributed by atoms with Crippen molar-refractivity contribution in [3.63, 3.8) is 0 Å². The molecule has 0 radical (unpaired) electrons. The Hall–Kier alpha value is -1.73. The van der Waals surface area contributed by atoms with Gasteiger partial charge in [0.25, 0.3) is 5.56 Å². The lowest BCUT2D eigenvalue weighted by molar-refractivity contribution is -0.133. The Bertz CT molecular complexity index is 764. The Labute approximate surface area is 167 Å². The second-order valence-electron chi connectivity index (χ2n) is 9.67. The molecule has 2 saturated heterocycles. The molecule has 1 atom stereocenters. The molecule has 0 bridgehead atoms. The van der Waals surface area contributed by atoms with E-state index in [0.717, 1.165) is 44.6 Å². The fraction of sp³-hybridized carbons (Fsp3) is 0.762. The van der Waals surface area contributed by atoms with Crippen LogP contribution in [0, 0.1) is 5.92 Å². The maximum Gasteiger partial charge on any atom is 0.266 e. The van der Waals surface area contributed by atoms with Crippen LogP contribution >= 0.6 is 0 Å². The Balaban J connectivity index is 1.56. The fourth-order valence-electron chi connectivity index (χ4n) is 4.23. The number of likely N-dealkylation sites (tertiary alicyclic amines) is 2. The van der Waals surface area contributed by atoms with E-state index in [2.05, 4.69) is 30.8 Å². The number of amides is 1. The number of aromatic nitrogens is 2. The maximum atomic E-state index is 12.2. The predicted octanol–water partition coefficient (Wildman–Crippen LogP) is 1.24. The summed E-state index contributed by atoms with van der Waals surface area (Å²) in [5, 5.41) is 15.6. The molecule has 3 heterocycles. The molecular weight excluding hydrogens is 356 g/mol. The SMILES string of the molecule is CC(=O)N1CCCCC(O)(CN2CC(Cn3nc(C(C)(C)C)ccc3=O)C2)C1. The summed E-state index contributed by atoms with van der Waals surface area (Å²) in [5.41, 5.74) is -0.0767.